The molecule has 4 rings (SSSR count). The molecule has 0 bridgehead atoms. The molecule has 4 aromatic rings. The highest BCUT2D eigenvalue weighted by Gasteiger charge is 2.16. The van der Waals surface area contributed by atoms with Gasteiger partial charge in [0.1, 0.15) is 5.75 Å². The molecule has 27 heavy (non-hydrogen) atoms. The normalized spacial score (nSPS) is 11.4. The van der Waals surface area contributed by atoms with Crippen LogP contribution in [0.2, 0.25) is 0 Å². The van der Waals surface area contributed by atoms with E-state index in [1.807, 2.05) is 30.3 Å². The van der Waals surface area contributed by atoms with Crippen LogP contribution >= 0.6 is 0 Å². The molecule has 0 amide bonds. The largest absolute Gasteiger partial charge is 0.497 e. The maximum absolute atomic E-state index is 12.7. The Bertz CT molecular complexity index is 1180. The molecule has 3 aromatic carbocycles. The average Bonchev–Trinajstić information content (AvgIpc) is 3.11. The molecule has 1 aromatic heterocycles. The molecule has 0 saturated heterocycles. The van der Waals surface area contributed by atoms with Crippen molar-refractivity contribution in [3.8, 4) is 17.0 Å². The van der Waals surface area contributed by atoms with Gasteiger partial charge in [0.15, 0.2) is 0 Å². The second-order valence-electron chi connectivity index (χ2n) is 5.98. The van der Waals surface area contributed by atoms with E-state index in [1.165, 1.54) is 19.2 Å². The zero-order valence-electron chi connectivity index (χ0n) is 14.5. The van der Waals surface area contributed by atoms with Crippen LogP contribution in [0.1, 0.15) is 0 Å². The quantitative estimate of drug-likeness (QED) is 0.548. The fourth-order valence-corrected chi connectivity index (χ4v) is 3.91. The van der Waals surface area contributed by atoms with Crippen molar-refractivity contribution in [3.05, 3.63) is 72.8 Å². The van der Waals surface area contributed by atoms with Crippen LogP contribution in [-0.2, 0) is 10.0 Å². The Hall–Kier alpha value is -3.32. The maximum Gasteiger partial charge on any atom is 0.261 e. The molecule has 6 nitrogen and oxygen atoms in total. The number of nitrogens with one attached hydrogen (secondary N) is 2. The number of rotatable bonds is 5. The molecule has 0 saturated carbocycles. The van der Waals surface area contributed by atoms with Crippen molar-refractivity contribution in [2.75, 3.05) is 11.8 Å². The lowest BCUT2D eigenvalue weighted by Gasteiger charge is -2.09. The molecule has 2 N–H and O–H groups in total. The van der Waals surface area contributed by atoms with Gasteiger partial charge in [0, 0.05) is 16.6 Å². The highest BCUT2D eigenvalue weighted by Crippen LogP contribution is 2.29. The monoisotopic (exact) mass is 379 g/mol. The van der Waals surface area contributed by atoms with E-state index in [0.717, 1.165) is 22.2 Å². The Morgan fingerprint density at radius 2 is 1.70 bits per heavy atom. The summed E-state index contributed by atoms with van der Waals surface area (Å²) in [5.74, 6) is 0.598. The standard InChI is InChI=1S/C20H17N3O3S/c1-26-16-8-10-17(11-9-16)27(24,25)23-15-7-12-19-18(13-15)20(22-21-19)14-5-3-2-4-6-14/h2-13,23H,1H3,(H,21,22). The number of aromatic amines is 1. The molecule has 0 atom stereocenters. The highest BCUT2D eigenvalue weighted by molar-refractivity contribution is 7.92. The summed E-state index contributed by atoms with van der Waals surface area (Å²) in [6.07, 6.45) is 0. The number of aromatic nitrogens is 2. The van der Waals surface area contributed by atoms with Crippen molar-refractivity contribution in [2.45, 2.75) is 4.90 Å². The van der Waals surface area contributed by atoms with E-state index in [0.29, 0.717) is 11.4 Å². The third-order valence-electron chi connectivity index (χ3n) is 4.23. The number of hydrogen-bond donors (Lipinski definition) is 2. The van der Waals surface area contributed by atoms with E-state index in [9.17, 15) is 8.42 Å². The van der Waals surface area contributed by atoms with E-state index in [2.05, 4.69) is 14.9 Å². The number of H-pyrrole nitrogens is 1. The van der Waals surface area contributed by atoms with Crippen molar-refractivity contribution in [3.63, 3.8) is 0 Å². The minimum atomic E-state index is -3.70. The summed E-state index contributed by atoms with van der Waals surface area (Å²) in [6.45, 7) is 0. The summed E-state index contributed by atoms with van der Waals surface area (Å²) in [6, 6.07) is 21.3. The SMILES string of the molecule is COc1ccc(S(=O)(=O)Nc2ccc3[nH]nc(-c4ccccc4)c3c2)cc1. The number of hydrogen-bond acceptors (Lipinski definition) is 4. The number of ether oxygens (including phenoxy) is 1. The fourth-order valence-electron chi connectivity index (χ4n) is 2.86. The van der Waals surface area contributed by atoms with Gasteiger partial charge < -0.3 is 4.74 Å². The minimum Gasteiger partial charge on any atom is -0.497 e. The highest BCUT2D eigenvalue weighted by atomic mass is 32.2. The van der Waals surface area contributed by atoms with Gasteiger partial charge in [-0.05, 0) is 42.5 Å². The lowest BCUT2D eigenvalue weighted by Crippen LogP contribution is -2.12. The van der Waals surface area contributed by atoms with Gasteiger partial charge in [0.2, 0.25) is 0 Å². The third kappa shape index (κ3) is 3.37. The number of anilines is 1. The van der Waals surface area contributed by atoms with Crippen LogP contribution in [0.15, 0.2) is 77.7 Å². The van der Waals surface area contributed by atoms with Crippen LogP contribution in [0.5, 0.6) is 5.75 Å². The Morgan fingerprint density at radius 1 is 0.963 bits per heavy atom. The first-order valence-corrected chi connectivity index (χ1v) is 9.75. The fraction of sp³-hybridized carbons (Fsp3) is 0.0500. The zero-order valence-corrected chi connectivity index (χ0v) is 15.3. The first-order valence-electron chi connectivity index (χ1n) is 8.27. The topological polar surface area (TPSA) is 84.1 Å². The van der Waals surface area contributed by atoms with E-state index >= 15 is 0 Å². The van der Waals surface area contributed by atoms with E-state index in [4.69, 9.17) is 4.74 Å². The summed E-state index contributed by atoms with van der Waals surface area (Å²) < 4.78 is 33.0. The molecular weight excluding hydrogens is 362 g/mol. The Morgan fingerprint density at radius 3 is 2.41 bits per heavy atom. The third-order valence-corrected chi connectivity index (χ3v) is 5.63. The molecule has 7 heteroatoms. The Balaban J connectivity index is 1.69. The molecular formula is C20H17N3O3S. The second-order valence-corrected chi connectivity index (χ2v) is 7.66. The van der Waals surface area contributed by atoms with Gasteiger partial charge in [-0.2, -0.15) is 5.10 Å². The van der Waals surface area contributed by atoms with Crippen molar-refractivity contribution in [2.24, 2.45) is 0 Å². The van der Waals surface area contributed by atoms with Gasteiger partial charge in [-0.15, -0.1) is 0 Å². The van der Waals surface area contributed by atoms with Crippen LogP contribution < -0.4 is 9.46 Å². The number of benzene rings is 3. The summed E-state index contributed by atoms with van der Waals surface area (Å²) in [7, 11) is -2.17. The average molecular weight is 379 g/mol. The molecule has 1 heterocycles. The van der Waals surface area contributed by atoms with E-state index < -0.39 is 10.0 Å². The number of nitrogens with zero attached hydrogens (tertiary/aromatic N) is 1. The van der Waals surface area contributed by atoms with Gasteiger partial charge in [-0.25, -0.2) is 8.42 Å². The first-order chi connectivity index (χ1) is 13.1. The summed E-state index contributed by atoms with van der Waals surface area (Å²) >= 11 is 0. The lowest BCUT2D eigenvalue weighted by atomic mass is 10.1. The van der Waals surface area contributed by atoms with Gasteiger partial charge >= 0.3 is 0 Å². The van der Waals surface area contributed by atoms with Gasteiger partial charge in [-0.3, -0.25) is 9.82 Å². The number of methoxy groups -OCH3 is 1. The predicted molar refractivity (Wildman–Crippen MR) is 105 cm³/mol. The molecule has 136 valence electrons. The van der Waals surface area contributed by atoms with Crippen molar-refractivity contribution in [1.29, 1.82) is 0 Å². The molecule has 0 unspecified atom stereocenters. The summed E-state index contributed by atoms with van der Waals surface area (Å²) in [4.78, 5) is 0.166. The summed E-state index contributed by atoms with van der Waals surface area (Å²) in [5, 5.41) is 8.19. The predicted octanol–water partition coefficient (Wildman–Crippen LogP) is 4.04. The molecule has 0 radical (unpaired) electrons. The van der Waals surface area contributed by atoms with Crippen LogP contribution in [0, 0.1) is 0 Å². The van der Waals surface area contributed by atoms with E-state index in [-0.39, 0.29) is 4.90 Å². The lowest BCUT2D eigenvalue weighted by molar-refractivity contribution is 0.414. The molecule has 0 fully saturated rings. The van der Waals surface area contributed by atoms with Crippen LogP contribution in [0.3, 0.4) is 0 Å². The second kappa shape index (κ2) is 6.77. The Labute approximate surface area is 156 Å². The van der Waals surface area contributed by atoms with Crippen molar-refractivity contribution >= 4 is 26.6 Å². The number of fused-ring (bicyclic) bond motifs is 1. The van der Waals surface area contributed by atoms with Gasteiger partial charge in [0.25, 0.3) is 10.0 Å². The van der Waals surface area contributed by atoms with Crippen molar-refractivity contribution in [1.82, 2.24) is 10.2 Å². The zero-order chi connectivity index (χ0) is 18.9. The summed E-state index contributed by atoms with van der Waals surface area (Å²) in [5.41, 5.74) is 3.04. The molecule has 0 aliphatic carbocycles. The van der Waals surface area contributed by atoms with Crippen molar-refractivity contribution < 1.29 is 13.2 Å². The number of sulfonamides is 1. The van der Waals surface area contributed by atoms with Crippen LogP contribution in [0.4, 0.5) is 5.69 Å². The molecule has 0 spiro atoms. The minimum absolute atomic E-state index is 0.166. The van der Waals surface area contributed by atoms with Crippen LogP contribution in [-0.4, -0.2) is 25.7 Å². The smallest absolute Gasteiger partial charge is 0.261 e. The van der Waals surface area contributed by atoms with Gasteiger partial charge in [0.05, 0.1) is 23.2 Å². The maximum atomic E-state index is 12.7. The first kappa shape index (κ1) is 17.1. The van der Waals surface area contributed by atoms with Gasteiger partial charge in [-0.1, -0.05) is 30.3 Å². The molecule has 0 aliphatic heterocycles. The Kier molecular flexibility index (Phi) is 4.29. The molecule has 0 aliphatic rings. The van der Waals surface area contributed by atoms with E-state index in [1.54, 1.807) is 30.3 Å². The van der Waals surface area contributed by atoms with Crippen LogP contribution in [0.25, 0.3) is 22.2 Å².